The third-order valence-corrected chi connectivity index (χ3v) is 4.46. The van der Waals surface area contributed by atoms with Crippen molar-refractivity contribution in [2.75, 3.05) is 11.9 Å². The molecule has 2 aromatic rings. The zero-order valence-corrected chi connectivity index (χ0v) is 14.8. The van der Waals surface area contributed by atoms with Gasteiger partial charge in [0.15, 0.2) is 6.61 Å². The van der Waals surface area contributed by atoms with Gasteiger partial charge in [0.05, 0.1) is 11.3 Å². The lowest BCUT2D eigenvalue weighted by molar-refractivity contribution is -0.146. The van der Waals surface area contributed by atoms with Crippen LogP contribution in [0.5, 0.6) is 0 Å². The molecule has 138 valence electrons. The molecule has 0 atom stereocenters. The minimum absolute atomic E-state index is 0.0274. The Morgan fingerprint density at radius 3 is 2.54 bits per heavy atom. The van der Waals surface area contributed by atoms with Crippen molar-refractivity contribution in [3.8, 4) is 0 Å². The van der Waals surface area contributed by atoms with E-state index in [9.17, 15) is 22.4 Å². The van der Waals surface area contributed by atoms with Crippen molar-refractivity contribution >= 4 is 39.2 Å². The highest BCUT2D eigenvalue weighted by molar-refractivity contribution is 7.89. The van der Waals surface area contributed by atoms with Crippen LogP contribution in [0.25, 0.3) is 0 Å². The van der Waals surface area contributed by atoms with Crippen molar-refractivity contribution in [3.63, 3.8) is 0 Å². The van der Waals surface area contributed by atoms with Crippen molar-refractivity contribution in [2.24, 2.45) is 5.14 Å². The number of amides is 1. The molecule has 0 saturated carbocycles. The first-order valence-corrected chi connectivity index (χ1v) is 9.10. The van der Waals surface area contributed by atoms with E-state index in [0.29, 0.717) is 0 Å². The van der Waals surface area contributed by atoms with Crippen LogP contribution in [0, 0.1) is 5.82 Å². The van der Waals surface area contributed by atoms with E-state index in [1.807, 2.05) is 0 Å². The molecule has 7 nitrogen and oxygen atoms in total. The van der Waals surface area contributed by atoms with Crippen LogP contribution in [-0.4, -0.2) is 26.9 Å². The number of sulfonamides is 1. The molecule has 0 aliphatic heterocycles. The predicted molar refractivity (Wildman–Crippen MR) is 92.5 cm³/mol. The molecule has 2 aromatic carbocycles. The van der Waals surface area contributed by atoms with Crippen LogP contribution in [0.15, 0.2) is 47.4 Å². The Balaban J connectivity index is 1.92. The third kappa shape index (κ3) is 5.51. The van der Waals surface area contributed by atoms with Crippen LogP contribution in [0.4, 0.5) is 10.1 Å². The fourth-order valence-electron chi connectivity index (χ4n) is 1.99. The molecule has 0 aliphatic carbocycles. The smallest absolute Gasteiger partial charge is 0.310 e. The number of nitrogens with one attached hydrogen (secondary N) is 1. The van der Waals surface area contributed by atoms with Crippen LogP contribution >= 0.6 is 11.6 Å². The van der Waals surface area contributed by atoms with E-state index in [1.165, 1.54) is 30.3 Å². The standard InChI is InChI=1S/C16H14ClFN2O5S/c17-13-5-2-6-14(18)12(13)8-16(22)25-9-15(21)20-10-3-1-4-11(7-10)26(19,23)24/h1-7H,8-9H2,(H,20,21)(H2,19,23,24). The molecule has 0 aromatic heterocycles. The zero-order valence-electron chi connectivity index (χ0n) is 13.2. The van der Waals surface area contributed by atoms with E-state index in [4.69, 9.17) is 21.5 Å². The molecule has 2 rings (SSSR count). The quantitative estimate of drug-likeness (QED) is 0.718. The lowest BCUT2D eigenvalue weighted by Gasteiger charge is -2.08. The SMILES string of the molecule is NS(=O)(=O)c1cccc(NC(=O)COC(=O)Cc2c(F)cccc2Cl)c1. The monoisotopic (exact) mass is 400 g/mol. The van der Waals surface area contributed by atoms with E-state index in [0.717, 1.165) is 12.1 Å². The lowest BCUT2D eigenvalue weighted by atomic mass is 10.1. The minimum Gasteiger partial charge on any atom is -0.455 e. The van der Waals surface area contributed by atoms with Gasteiger partial charge < -0.3 is 10.1 Å². The molecule has 1 amide bonds. The molecule has 0 saturated heterocycles. The average Bonchev–Trinajstić information content (AvgIpc) is 2.56. The van der Waals surface area contributed by atoms with Crippen molar-refractivity contribution < 1.29 is 27.1 Å². The van der Waals surface area contributed by atoms with E-state index in [2.05, 4.69) is 5.32 Å². The van der Waals surface area contributed by atoms with Crippen molar-refractivity contribution in [3.05, 3.63) is 58.9 Å². The number of hydrogen-bond donors (Lipinski definition) is 2. The number of primary sulfonamides is 1. The summed E-state index contributed by atoms with van der Waals surface area (Å²) in [6.45, 7) is -0.634. The maximum Gasteiger partial charge on any atom is 0.310 e. The van der Waals surface area contributed by atoms with Crippen LogP contribution in [0.1, 0.15) is 5.56 Å². The van der Waals surface area contributed by atoms with Crippen molar-refractivity contribution in [1.82, 2.24) is 0 Å². The van der Waals surface area contributed by atoms with Gasteiger partial charge >= 0.3 is 5.97 Å². The largest absolute Gasteiger partial charge is 0.455 e. The van der Waals surface area contributed by atoms with Crippen LogP contribution in [0.3, 0.4) is 0 Å². The van der Waals surface area contributed by atoms with Crippen molar-refractivity contribution in [2.45, 2.75) is 11.3 Å². The van der Waals surface area contributed by atoms with E-state index >= 15 is 0 Å². The second-order valence-electron chi connectivity index (χ2n) is 5.16. The molecular weight excluding hydrogens is 387 g/mol. The maximum atomic E-state index is 13.6. The van der Waals surface area contributed by atoms with Gasteiger partial charge in [-0.05, 0) is 30.3 Å². The average molecular weight is 401 g/mol. The number of nitrogens with two attached hydrogens (primary N) is 1. The van der Waals surface area contributed by atoms with Crippen LogP contribution in [0.2, 0.25) is 5.02 Å². The summed E-state index contributed by atoms with van der Waals surface area (Å²) in [5, 5.41) is 7.44. The Morgan fingerprint density at radius 2 is 1.88 bits per heavy atom. The number of benzene rings is 2. The Morgan fingerprint density at radius 1 is 1.19 bits per heavy atom. The topological polar surface area (TPSA) is 116 Å². The molecule has 0 bridgehead atoms. The van der Waals surface area contributed by atoms with E-state index in [1.54, 1.807) is 0 Å². The van der Waals surface area contributed by atoms with Gasteiger partial charge in [0, 0.05) is 16.3 Å². The number of halogens is 2. The maximum absolute atomic E-state index is 13.6. The number of rotatable bonds is 6. The Bertz CT molecular complexity index is 929. The summed E-state index contributed by atoms with van der Waals surface area (Å²) >= 11 is 5.81. The Kier molecular flexibility index (Phi) is 6.30. The van der Waals surface area contributed by atoms with Gasteiger partial charge in [-0.2, -0.15) is 0 Å². The van der Waals surface area contributed by atoms with Gasteiger partial charge in [-0.25, -0.2) is 17.9 Å². The fraction of sp³-hybridized carbons (Fsp3) is 0.125. The first-order valence-electron chi connectivity index (χ1n) is 7.18. The van der Waals surface area contributed by atoms with Crippen molar-refractivity contribution in [1.29, 1.82) is 0 Å². The third-order valence-electron chi connectivity index (χ3n) is 3.19. The summed E-state index contributed by atoms with van der Waals surface area (Å²) in [5.41, 5.74) is 0.134. The summed E-state index contributed by atoms with van der Waals surface area (Å²) in [4.78, 5) is 23.4. The number of hydrogen-bond acceptors (Lipinski definition) is 5. The molecule has 0 heterocycles. The number of esters is 1. The Labute approximate surface area is 154 Å². The van der Waals surface area contributed by atoms with E-state index in [-0.39, 0.29) is 21.2 Å². The number of ether oxygens (including phenoxy) is 1. The summed E-state index contributed by atoms with van der Waals surface area (Å²) in [6, 6.07) is 9.24. The number of carbonyl (C=O) groups is 2. The molecule has 0 unspecified atom stereocenters. The molecule has 0 spiro atoms. The fourth-order valence-corrected chi connectivity index (χ4v) is 2.78. The molecule has 26 heavy (non-hydrogen) atoms. The first kappa shape index (κ1) is 19.8. The second-order valence-corrected chi connectivity index (χ2v) is 7.13. The highest BCUT2D eigenvalue weighted by atomic mass is 35.5. The molecule has 3 N–H and O–H groups in total. The molecular formula is C16H14ClFN2O5S. The highest BCUT2D eigenvalue weighted by Gasteiger charge is 2.15. The summed E-state index contributed by atoms with van der Waals surface area (Å²) < 4.78 is 40.9. The van der Waals surface area contributed by atoms with Gasteiger partial charge in [0.25, 0.3) is 5.91 Å². The summed E-state index contributed by atoms with van der Waals surface area (Å²) in [7, 11) is -3.91. The predicted octanol–water partition coefficient (Wildman–Crippen LogP) is 1.85. The second kappa shape index (κ2) is 8.26. The molecule has 10 heteroatoms. The highest BCUT2D eigenvalue weighted by Crippen LogP contribution is 2.19. The van der Waals surface area contributed by atoms with Gasteiger partial charge in [-0.1, -0.05) is 23.7 Å². The van der Waals surface area contributed by atoms with E-state index < -0.39 is 40.7 Å². The molecule has 0 aliphatic rings. The van der Waals surface area contributed by atoms with Gasteiger partial charge in [0.1, 0.15) is 5.82 Å². The summed E-state index contributed by atoms with van der Waals surface area (Å²) in [5.74, 6) is -2.20. The van der Waals surface area contributed by atoms with Gasteiger partial charge in [0.2, 0.25) is 10.0 Å². The lowest BCUT2D eigenvalue weighted by Crippen LogP contribution is -2.22. The number of carbonyl (C=O) groups excluding carboxylic acids is 2. The minimum atomic E-state index is -3.91. The number of anilines is 1. The molecule has 0 fully saturated rings. The van der Waals surface area contributed by atoms with Crippen LogP contribution < -0.4 is 10.5 Å². The molecule has 0 radical (unpaired) electrons. The first-order chi connectivity index (χ1) is 12.2. The van der Waals surface area contributed by atoms with Gasteiger partial charge in [-0.15, -0.1) is 0 Å². The summed E-state index contributed by atoms with van der Waals surface area (Å²) in [6.07, 6.45) is -0.431. The zero-order chi connectivity index (χ0) is 19.3. The van der Waals surface area contributed by atoms with Crippen LogP contribution in [-0.2, 0) is 30.8 Å². The Hall–Kier alpha value is -2.49. The van der Waals surface area contributed by atoms with Gasteiger partial charge in [-0.3, -0.25) is 9.59 Å². The normalized spacial score (nSPS) is 11.0.